The first-order chi connectivity index (χ1) is 10.3. The normalized spacial score (nSPS) is 15.9. The number of methoxy groups -OCH3 is 1. The number of aromatic nitrogens is 2. The van der Waals surface area contributed by atoms with E-state index in [4.69, 9.17) is 9.47 Å². The van der Waals surface area contributed by atoms with Crippen LogP contribution in [-0.2, 0) is 11.3 Å². The second-order valence-corrected chi connectivity index (χ2v) is 5.31. The van der Waals surface area contributed by atoms with Gasteiger partial charge < -0.3 is 14.8 Å². The van der Waals surface area contributed by atoms with E-state index in [1.165, 1.54) is 5.56 Å². The third-order valence-electron chi connectivity index (χ3n) is 3.73. The molecule has 0 aliphatic carbocycles. The molecule has 2 heterocycles. The highest BCUT2D eigenvalue weighted by molar-refractivity contribution is 5.39. The van der Waals surface area contributed by atoms with E-state index in [1.807, 2.05) is 23.0 Å². The van der Waals surface area contributed by atoms with Gasteiger partial charge in [0.2, 0.25) is 0 Å². The maximum absolute atomic E-state index is 5.37. The van der Waals surface area contributed by atoms with Crippen molar-refractivity contribution in [1.29, 1.82) is 0 Å². The van der Waals surface area contributed by atoms with E-state index in [0.717, 1.165) is 44.0 Å². The van der Waals surface area contributed by atoms with Gasteiger partial charge in [0.25, 0.3) is 0 Å². The Kier molecular flexibility index (Phi) is 4.40. The van der Waals surface area contributed by atoms with Crippen LogP contribution in [0.4, 0.5) is 5.69 Å². The number of ether oxygens (including phenoxy) is 2. The van der Waals surface area contributed by atoms with Crippen LogP contribution in [0, 0.1) is 0 Å². The molecule has 2 aromatic rings. The van der Waals surface area contributed by atoms with Gasteiger partial charge in [-0.3, -0.25) is 4.68 Å². The van der Waals surface area contributed by atoms with Crippen LogP contribution in [0.1, 0.15) is 18.4 Å². The lowest BCUT2D eigenvalue weighted by Crippen LogP contribution is -2.27. The monoisotopic (exact) mass is 287 g/mol. The topological polar surface area (TPSA) is 48.3 Å². The molecule has 5 heteroatoms. The molecule has 5 nitrogen and oxygen atoms in total. The zero-order valence-electron chi connectivity index (χ0n) is 12.3. The molecule has 1 aliphatic heterocycles. The van der Waals surface area contributed by atoms with Crippen molar-refractivity contribution in [2.45, 2.75) is 25.4 Å². The second-order valence-electron chi connectivity index (χ2n) is 5.31. The summed E-state index contributed by atoms with van der Waals surface area (Å²) in [6.07, 6.45) is 6.06. The minimum atomic E-state index is 0.498. The third-order valence-corrected chi connectivity index (χ3v) is 3.73. The number of rotatable bonds is 5. The van der Waals surface area contributed by atoms with Crippen molar-refractivity contribution in [2.24, 2.45) is 0 Å². The molecule has 0 amide bonds. The van der Waals surface area contributed by atoms with E-state index in [9.17, 15) is 0 Å². The first kappa shape index (κ1) is 13.9. The number of hydrogen-bond donors (Lipinski definition) is 1. The van der Waals surface area contributed by atoms with Crippen LogP contribution in [0.2, 0.25) is 0 Å². The molecular weight excluding hydrogens is 266 g/mol. The van der Waals surface area contributed by atoms with Gasteiger partial charge in [-0.05, 0) is 30.5 Å². The van der Waals surface area contributed by atoms with Crippen molar-refractivity contribution in [2.75, 3.05) is 25.6 Å². The molecule has 112 valence electrons. The summed E-state index contributed by atoms with van der Waals surface area (Å²) in [7, 11) is 1.68. The zero-order valence-corrected chi connectivity index (χ0v) is 12.3. The van der Waals surface area contributed by atoms with Crippen LogP contribution >= 0.6 is 0 Å². The summed E-state index contributed by atoms with van der Waals surface area (Å²) < 4.78 is 12.5. The molecule has 0 radical (unpaired) electrons. The Morgan fingerprint density at radius 1 is 1.29 bits per heavy atom. The highest BCUT2D eigenvalue weighted by Gasteiger charge is 2.13. The predicted molar refractivity (Wildman–Crippen MR) is 81.8 cm³/mol. The third kappa shape index (κ3) is 3.76. The van der Waals surface area contributed by atoms with Gasteiger partial charge in [0.15, 0.2) is 0 Å². The molecule has 21 heavy (non-hydrogen) atoms. The van der Waals surface area contributed by atoms with E-state index in [-0.39, 0.29) is 0 Å². The molecular formula is C16H21N3O2. The second kappa shape index (κ2) is 6.63. The van der Waals surface area contributed by atoms with Crippen molar-refractivity contribution >= 4 is 5.69 Å². The molecule has 1 aromatic carbocycles. The summed E-state index contributed by atoms with van der Waals surface area (Å²) >= 11 is 0. The molecule has 0 spiro atoms. The standard InChI is InChI=1S/C16H21N3O2/c1-20-16-4-2-13(3-5-16)11-19-12-15(10-17-19)18-14-6-8-21-9-7-14/h2-5,10,12,14,18H,6-9,11H2,1H3. The van der Waals surface area contributed by atoms with Gasteiger partial charge in [-0.25, -0.2) is 0 Å². The Morgan fingerprint density at radius 2 is 2.05 bits per heavy atom. The highest BCUT2D eigenvalue weighted by Crippen LogP contribution is 2.16. The molecule has 0 saturated carbocycles. The lowest BCUT2D eigenvalue weighted by Gasteiger charge is -2.23. The molecule has 1 aromatic heterocycles. The lowest BCUT2D eigenvalue weighted by atomic mass is 10.1. The van der Waals surface area contributed by atoms with E-state index >= 15 is 0 Å². The number of anilines is 1. The summed E-state index contributed by atoms with van der Waals surface area (Å²) in [6, 6.07) is 8.57. The van der Waals surface area contributed by atoms with Crippen LogP contribution in [-0.4, -0.2) is 36.1 Å². The van der Waals surface area contributed by atoms with Crippen molar-refractivity contribution in [3.8, 4) is 5.75 Å². The molecule has 1 saturated heterocycles. The molecule has 0 bridgehead atoms. The fraction of sp³-hybridized carbons (Fsp3) is 0.438. The Bertz CT molecular complexity index is 559. The summed E-state index contributed by atoms with van der Waals surface area (Å²) in [5.74, 6) is 0.876. The van der Waals surface area contributed by atoms with Gasteiger partial charge in [0.1, 0.15) is 5.75 Å². The molecule has 1 fully saturated rings. The first-order valence-electron chi connectivity index (χ1n) is 7.33. The lowest BCUT2D eigenvalue weighted by molar-refractivity contribution is 0.0904. The Hall–Kier alpha value is -2.01. The Balaban J connectivity index is 1.58. The van der Waals surface area contributed by atoms with Crippen LogP contribution in [0.25, 0.3) is 0 Å². The zero-order chi connectivity index (χ0) is 14.5. The van der Waals surface area contributed by atoms with E-state index < -0.39 is 0 Å². The van der Waals surface area contributed by atoms with Crippen LogP contribution < -0.4 is 10.1 Å². The van der Waals surface area contributed by atoms with Crippen LogP contribution in [0.3, 0.4) is 0 Å². The van der Waals surface area contributed by atoms with Gasteiger partial charge in [-0.2, -0.15) is 5.10 Å². The summed E-state index contributed by atoms with van der Waals surface area (Å²) in [4.78, 5) is 0. The average molecular weight is 287 g/mol. The van der Waals surface area contributed by atoms with Crippen molar-refractivity contribution in [3.05, 3.63) is 42.2 Å². The maximum atomic E-state index is 5.37. The SMILES string of the molecule is COc1ccc(Cn2cc(NC3CCOCC3)cn2)cc1. The van der Waals surface area contributed by atoms with Crippen molar-refractivity contribution in [3.63, 3.8) is 0 Å². The van der Waals surface area contributed by atoms with Gasteiger partial charge >= 0.3 is 0 Å². The summed E-state index contributed by atoms with van der Waals surface area (Å²) in [5, 5.41) is 7.93. The quantitative estimate of drug-likeness (QED) is 0.918. The van der Waals surface area contributed by atoms with E-state index in [2.05, 4.69) is 28.7 Å². The minimum absolute atomic E-state index is 0.498. The number of benzene rings is 1. The summed E-state index contributed by atoms with van der Waals surface area (Å²) in [5.41, 5.74) is 2.28. The number of nitrogens with zero attached hydrogens (tertiary/aromatic N) is 2. The van der Waals surface area contributed by atoms with E-state index in [0.29, 0.717) is 6.04 Å². The molecule has 1 aliphatic rings. The van der Waals surface area contributed by atoms with Crippen LogP contribution in [0.5, 0.6) is 5.75 Å². The van der Waals surface area contributed by atoms with Gasteiger partial charge in [0.05, 0.1) is 25.5 Å². The van der Waals surface area contributed by atoms with Crippen LogP contribution in [0.15, 0.2) is 36.7 Å². The fourth-order valence-corrected chi connectivity index (χ4v) is 2.52. The van der Waals surface area contributed by atoms with Crippen molar-refractivity contribution < 1.29 is 9.47 Å². The smallest absolute Gasteiger partial charge is 0.118 e. The number of hydrogen-bond acceptors (Lipinski definition) is 4. The Morgan fingerprint density at radius 3 is 2.76 bits per heavy atom. The van der Waals surface area contributed by atoms with Gasteiger partial charge in [-0.1, -0.05) is 12.1 Å². The van der Waals surface area contributed by atoms with Crippen molar-refractivity contribution in [1.82, 2.24) is 9.78 Å². The number of nitrogens with one attached hydrogen (secondary N) is 1. The molecule has 1 N–H and O–H groups in total. The van der Waals surface area contributed by atoms with Gasteiger partial charge in [0, 0.05) is 25.5 Å². The average Bonchev–Trinajstić information content (AvgIpc) is 2.96. The maximum Gasteiger partial charge on any atom is 0.118 e. The predicted octanol–water partition coefficient (Wildman–Crippen LogP) is 2.53. The minimum Gasteiger partial charge on any atom is -0.497 e. The van der Waals surface area contributed by atoms with E-state index in [1.54, 1.807) is 7.11 Å². The molecule has 0 atom stereocenters. The molecule has 3 rings (SSSR count). The Labute approximate surface area is 124 Å². The van der Waals surface area contributed by atoms with Gasteiger partial charge in [-0.15, -0.1) is 0 Å². The first-order valence-corrected chi connectivity index (χ1v) is 7.33. The fourth-order valence-electron chi connectivity index (χ4n) is 2.52. The highest BCUT2D eigenvalue weighted by atomic mass is 16.5. The largest absolute Gasteiger partial charge is 0.497 e. The summed E-state index contributed by atoms with van der Waals surface area (Å²) in [6.45, 7) is 2.45. The molecule has 0 unspecified atom stereocenters.